The molecule has 1 N–H and O–H groups in total. The zero-order chi connectivity index (χ0) is 19.0. The summed E-state index contributed by atoms with van der Waals surface area (Å²) < 4.78 is 41.4. The van der Waals surface area contributed by atoms with E-state index in [-0.39, 0.29) is 22.9 Å². The second-order valence-electron chi connectivity index (χ2n) is 6.64. The summed E-state index contributed by atoms with van der Waals surface area (Å²) in [7, 11) is 0. The summed E-state index contributed by atoms with van der Waals surface area (Å²) in [6.07, 6.45) is 0.345. The summed E-state index contributed by atoms with van der Waals surface area (Å²) in [5, 5.41) is 6.67. The maximum atomic E-state index is 13.6. The number of amides is 1. The molecule has 1 aliphatic carbocycles. The summed E-state index contributed by atoms with van der Waals surface area (Å²) in [6.45, 7) is 0. The molecule has 1 fully saturated rings. The molecule has 5 nitrogen and oxygen atoms in total. The molecule has 8 heteroatoms. The fraction of sp³-hybridized carbons (Fsp3) is 0.316. The number of hydrogen-bond acceptors (Lipinski definition) is 3. The van der Waals surface area contributed by atoms with Crippen LogP contribution in [-0.4, -0.2) is 26.5 Å². The second-order valence-corrected chi connectivity index (χ2v) is 6.64. The van der Waals surface area contributed by atoms with Crippen molar-refractivity contribution in [1.29, 1.82) is 0 Å². The van der Waals surface area contributed by atoms with Crippen LogP contribution in [0.3, 0.4) is 0 Å². The van der Waals surface area contributed by atoms with E-state index >= 15 is 0 Å². The van der Waals surface area contributed by atoms with Gasteiger partial charge in [0.1, 0.15) is 5.56 Å². The van der Waals surface area contributed by atoms with Crippen molar-refractivity contribution in [3.8, 4) is 11.3 Å². The molecule has 2 aromatic heterocycles. The Hall–Kier alpha value is -2.90. The fourth-order valence-corrected chi connectivity index (χ4v) is 3.42. The van der Waals surface area contributed by atoms with Gasteiger partial charge in [-0.3, -0.25) is 4.79 Å². The van der Waals surface area contributed by atoms with Crippen molar-refractivity contribution in [2.24, 2.45) is 0 Å². The Bertz CT molecular complexity index is 976. The lowest BCUT2D eigenvalue weighted by Gasteiger charge is -2.13. The van der Waals surface area contributed by atoms with E-state index in [0.717, 1.165) is 37.9 Å². The van der Waals surface area contributed by atoms with E-state index in [1.165, 1.54) is 0 Å². The minimum absolute atomic E-state index is 0.0465. The van der Waals surface area contributed by atoms with Gasteiger partial charge in [0.2, 0.25) is 0 Å². The maximum absolute atomic E-state index is 13.6. The van der Waals surface area contributed by atoms with Crippen LogP contribution >= 0.6 is 0 Å². The molecule has 1 aromatic carbocycles. The Kier molecular flexibility index (Phi) is 4.33. The molecule has 0 bridgehead atoms. The van der Waals surface area contributed by atoms with Gasteiger partial charge >= 0.3 is 6.18 Å². The van der Waals surface area contributed by atoms with E-state index in [1.807, 2.05) is 0 Å². The zero-order valence-electron chi connectivity index (χ0n) is 14.3. The molecular weight excluding hydrogens is 357 g/mol. The number of carbonyl (C=O) groups excluding carboxylic acids is 1. The van der Waals surface area contributed by atoms with Crippen LogP contribution in [-0.2, 0) is 6.18 Å². The molecule has 0 aliphatic heterocycles. The Balaban J connectivity index is 1.83. The first-order valence-electron chi connectivity index (χ1n) is 8.76. The van der Waals surface area contributed by atoms with Gasteiger partial charge in [-0.15, -0.1) is 0 Å². The van der Waals surface area contributed by atoms with E-state index in [2.05, 4.69) is 15.4 Å². The molecular formula is C19H17F3N4O. The van der Waals surface area contributed by atoms with Gasteiger partial charge in [-0.1, -0.05) is 43.2 Å². The van der Waals surface area contributed by atoms with E-state index in [0.29, 0.717) is 10.1 Å². The molecule has 1 saturated carbocycles. The second kappa shape index (κ2) is 6.68. The zero-order valence-corrected chi connectivity index (χ0v) is 14.3. The number of alkyl halides is 3. The van der Waals surface area contributed by atoms with Gasteiger partial charge in [0, 0.05) is 11.6 Å². The Morgan fingerprint density at radius 3 is 2.52 bits per heavy atom. The molecule has 140 valence electrons. The number of aromatic nitrogens is 3. The molecule has 1 amide bonds. The average Bonchev–Trinajstić information content (AvgIpc) is 3.30. The van der Waals surface area contributed by atoms with Gasteiger partial charge in [0.15, 0.2) is 11.3 Å². The van der Waals surface area contributed by atoms with E-state index in [1.54, 1.807) is 30.3 Å². The SMILES string of the molecule is O=C(NC1CCCC1)c1cnn2c(C(F)(F)F)cc(-c3ccccc3)nc12. The highest BCUT2D eigenvalue weighted by atomic mass is 19.4. The van der Waals surface area contributed by atoms with Crippen molar-refractivity contribution in [2.45, 2.75) is 37.9 Å². The number of rotatable bonds is 3. The number of fused-ring (bicyclic) bond motifs is 1. The topological polar surface area (TPSA) is 59.3 Å². The molecule has 1 aliphatic rings. The lowest BCUT2D eigenvalue weighted by atomic mass is 10.1. The van der Waals surface area contributed by atoms with Gasteiger partial charge in [-0.25, -0.2) is 9.50 Å². The Labute approximate surface area is 153 Å². The number of carbonyl (C=O) groups is 1. The number of nitrogens with zero attached hydrogens (tertiary/aromatic N) is 3. The summed E-state index contributed by atoms with van der Waals surface area (Å²) in [4.78, 5) is 16.9. The number of halogens is 3. The number of hydrogen-bond donors (Lipinski definition) is 1. The quantitative estimate of drug-likeness (QED) is 0.751. The van der Waals surface area contributed by atoms with Gasteiger partial charge in [-0.2, -0.15) is 18.3 Å². The monoisotopic (exact) mass is 374 g/mol. The van der Waals surface area contributed by atoms with E-state index in [9.17, 15) is 18.0 Å². The molecule has 0 radical (unpaired) electrons. The summed E-state index contributed by atoms with van der Waals surface area (Å²) >= 11 is 0. The van der Waals surface area contributed by atoms with Crippen LogP contribution in [0.4, 0.5) is 13.2 Å². The Morgan fingerprint density at radius 1 is 1.15 bits per heavy atom. The third-order valence-corrected chi connectivity index (χ3v) is 4.77. The lowest BCUT2D eigenvalue weighted by Crippen LogP contribution is -2.32. The van der Waals surface area contributed by atoms with Crippen LogP contribution in [0.2, 0.25) is 0 Å². The highest BCUT2D eigenvalue weighted by Crippen LogP contribution is 2.32. The van der Waals surface area contributed by atoms with Crippen molar-refractivity contribution in [1.82, 2.24) is 19.9 Å². The van der Waals surface area contributed by atoms with Crippen LogP contribution in [0.1, 0.15) is 41.7 Å². The van der Waals surface area contributed by atoms with Crippen molar-refractivity contribution < 1.29 is 18.0 Å². The van der Waals surface area contributed by atoms with Gasteiger partial charge in [0.25, 0.3) is 5.91 Å². The highest BCUT2D eigenvalue weighted by molar-refractivity contribution is 6.00. The molecule has 0 spiro atoms. The minimum atomic E-state index is -4.63. The van der Waals surface area contributed by atoms with Crippen molar-refractivity contribution in [2.75, 3.05) is 0 Å². The standard InChI is InChI=1S/C19H17F3N4O/c20-19(21,22)16-10-15(12-6-2-1-3-7-12)25-17-14(11-23-26(16)17)18(27)24-13-8-4-5-9-13/h1-3,6-7,10-11,13H,4-5,8-9H2,(H,24,27). The van der Waals surface area contributed by atoms with Gasteiger partial charge < -0.3 is 5.32 Å². The number of nitrogens with one attached hydrogen (secondary N) is 1. The van der Waals surface area contributed by atoms with Gasteiger partial charge in [0.05, 0.1) is 11.9 Å². The maximum Gasteiger partial charge on any atom is 0.433 e. The molecule has 27 heavy (non-hydrogen) atoms. The Morgan fingerprint density at radius 2 is 1.85 bits per heavy atom. The predicted octanol–water partition coefficient (Wildman–Crippen LogP) is 4.09. The molecule has 2 heterocycles. The molecule has 0 atom stereocenters. The summed E-state index contributed by atoms with van der Waals surface area (Å²) in [6, 6.07) is 9.56. The highest BCUT2D eigenvalue weighted by Gasteiger charge is 2.36. The molecule has 3 aromatic rings. The molecule has 0 unspecified atom stereocenters. The summed E-state index contributed by atoms with van der Waals surface area (Å²) in [5.74, 6) is -0.442. The third-order valence-electron chi connectivity index (χ3n) is 4.77. The van der Waals surface area contributed by atoms with Crippen molar-refractivity contribution >= 4 is 11.6 Å². The normalized spacial score (nSPS) is 15.4. The van der Waals surface area contributed by atoms with Crippen molar-refractivity contribution in [3.05, 3.63) is 53.9 Å². The first-order valence-corrected chi connectivity index (χ1v) is 8.76. The van der Waals surface area contributed by atoms with Crippen LogP contribution in [0, 0.1) is 0 Å². The van der Waals surface area contributed by atoms with Crippen LogP contribution in [0.5, 0.6) is 0 Å². The summed E-state index contributed by atoms with van der Waals surface area (Å²) in [5.41, 5.74) is -0.338. The van der Waals surface area contributed by atoms with Crippen molar-refractivity contribution in [3.63, 3.8) is 0 Å². The minimum Gasteiger partial charge on any atom is -0.349 e. The number of benzene rings is 1. The van der Waals surface area contributed by atoms with E-state index in [4.69, 9.17) is 0 Å². The van der Waals surface area contributed by atoms with Crippen LogP contribution in [0.15, 0.2) is 42.6 Å². The third kappa shape index (κ3) is 3.39. The van der Waals surface area contributed by atoms with Gasteiger partial charge in [-0.05, 0) is 18.9 Å². The first kappa shape index (κ1) is 17.5. The van der Waals surface area contributed by atoms with Crippen LogP contribution < -0.4 is 5.32 Å². The molecule has 4 rings (SSSR count). The first-order chi connectivity index (χ1) is 12.9. The van der Waals surface area contributed by atoms with E-state index < -0.39 is 17.8 Å². The van der Waals surface area contributed by atoms with Crippen LogP contribution in [0.25, 0.3) is 16.9 Å². The predicted molar refractivity (Wildman–Crippen MR) is 93.1 cm³/mol. The lowest BCUT2D eigenvalue weighted by molar-refractivity contribution is -0.142. The average molecular weight is 374 g/mol. The molecule has 0 saturated heterocycles. The smallest absolute Gasteiger partial charge is 0.349 e. The fourth-order valence-electron chi connectivity index (χ4n) is 3.42. The largest absolute Gasteiger partial charge is 0.433 e.